The lowest BCUT2D eigenvalue weighted by Gasteiger charge is -2.28. The van der Waals surface area contributed by atoms with E-state index < -0.39 is 0 Å². The summed E-state index contributed by atoms with van der Waals surface area (Å²) in [5, 5.41) is 0.990. The fraction of sp³-hybridized carbons (Fsp3) is 0.455. The van der Waals surface area contributed by atoms with Gasteiger partial charge in [0, 0.05) is 44.2 Å². The number of morpholine rings is 2. The van der Waals surface area contributed by atoms with Crippen LogP contribution < -0.4 is 20.5 Å². The molecule has 2 fully saturated rings. The lowest BCUT2D eigenvalue weighted by molar-refractivity contribution is 0.0317. The third-order valence-corrected chi connectivity index (χ3v) is 5.58. The molecule has 0 spiro atoms. The van der Waals surface area contributed by atoms with E-state index >= 15 is 0 Å². The zero-order valence-electron chi connectivity index (χ0n) is 18.0. The van der Waals surface area contributed by atoms with Gasteiger partial charge in [-0.15, -0.1) is 0 Å². The summed E-state index contributed by atoms with van der Waals surface area (Å²) >= 11 is 0. The van der Waals surface area contributed by atoms with Crippen molar-refractivity contribution >= 4 is 28.3 Å². The number of rotatable bonds is 8. The van der Waals surface area contributed by atoms with Gasteiger partial charge < -0.3 is 23.5 Å². The standard InChI is InChI=1S/C22H28N6O4/c1-2-4-19-17(3-1)18(16-32-19)25-26-20-15-21(28-8-12-30-13-9-28)24-22(23-20)31-14-7-27-5-10-29-11-6-27/h1-4,15-16,25H,5-14H2,(H,23,24,26). The number of aromatic nitrogens is 2. The molecule has 0 amide bonds. The van der Waals surface area contributed by atoms with Crippen LogP contribution >= 0.6 is 0 Å². The topological polar surface area (TPSA) is 97.2 Å². The third-order valence-electron chi connectivity index (χ3n) is 5.58. The van der Waals surface area contributed by atoms with Crippen molar-refractivity contribution < 1.29 is 18.6 Å². The van der Waals surface area contributed by atoms with Gasteiger partial charge in [0.1, 0.15) is 30.0 Å². The Hall–Kier alpha value is -3.08. The number of fused-ring (bicyclic) bond motifs is 1. The lowest BCUT2D eigenvalue weighted by atomic mass is 10.2. The first-order valence-electron chi connectivity index (χ1n) is 11.0. The summed E-state index contributed by atoms with van der Waals surface area (Å²) in [4.78, 5) is 13.7. The quantitative estimate of drug-likeness (QED) is 0.508. The highest BCUT2D eigenvalue weighted by molar-refractivity contribution is 5.90. The number of para-hydroxylation sites is 1. The minimum atomic E-state index is 0.351. The van der Waals surface area contributed by atoms with Gasteiger partial charge in [-0.1, -0.05) is 12.1 Å². The molecule has 4 heterocycles. The van der Waals surface area contributed by atoms with Gasteiger partial charge >= 0.3 is 6.01 Å². The Morgan fingerprint density at radius 1 is 0.938 bits per heavy atom. The molecule has 0 saturated carbocycles. The highest BCUT2D eigenvalue weighted by atomic mass is 16.5. The Bertz CT molecular complexity index is 1020. The van der Waals surface area contributed by atoms with Crippen molar-refractivity contribution in [3.8, 4) is 6.01 Å². The Morgan fingerprint density at radius 3 is 2.56 bits per heavy atom. The Labute approximate surface area is 186 Å². The molecule has 2 N–H and O–H groups in total. The maximum atomic E-state index is 5.94. The molecule has 0 bridgehead atoms. The number of hydrogen-bond donors (Lipinski definition) is 2. The van der Waals surface area contributed by atoms with E-state index in [-0.39, 0.29) is 0 Å². The maximum absolute atomic E-state index is 5.94. The lowest BCUT2D eigenvalue weighted by Crippen LogP contribution is -2.39. The molecule has 2 aliphatic rings. The van der Waals surface area contributed by atoms with E-state index in [0.717, 1.165) is 68.4 Å². The van der Waals surface area contributed by atoms with Crippen LogP contribution in [0.2, 0.25) is 0 Å². The molecule has 10 heteroatoms. The van der Waals surface area contributed by atoms with E-state index in [1.165, 1.54) is 0 Å². The van der Waals surface area contributed by atoms with Gasteiger partial charge in [-0.05, 0) is 12.1 Å². The van der Waals surface area contributed by atoms with Crippen LogP contribution in [0.5, 0.6) is 6.01 Å². The van der Waals surface area contributed by atoms with E-state index in [4.69, 9.17) is 18.6 Å². The molecular weight excluding hydrogens is 412 g/mol. The van der Waals surface area contributed by atoms with Gasteiger partial charge in [0.25, 0.3) is 0 Å². The smallest absolute Gasteiger partial charge is 0.320 e. The van der Waals surface area contributed by atoms with Crippen molar-refractivity contribution in [3.63, 3.8) is 0 Å². The van der Waals surface area contributed by atoms with Crippen LogP contribution in [0.15, 0.2) is 41.0 Å². The summed E-state index contributed by atoms with van der Waals surface area (Å²) in [7, 11) is 0. The number of furan rings is 1. The molecule has 0 unspecified atom stereocenters. The molecule has 2 aromatic heterocycles. The molecule has 1 aromatic carbocycles. The van der Waals surface area contributed by atoms with Gasteiger partial charge in [0.15, 0.2) is 5.82 Å². The summed E-state index contributed by atoms with van der Waals surface area (Å²) in [6.45, 7) is 7.64. The zero-order chi connectivity index (χ0) is 21.6. The number of ether oxygens (including phenoxy) is 3. The predicted molar refractivity (Wildman–Crippen MR) is 121 cm³/mol. The van der Waals surface area contributed by atoms with Crippen molar-refractivity contribution in [2.24, 2.45) is 0 Å². The number of hydrogen-bond acceptors (Lipinski definition) is 10. The SMILES string of the molecule is c1ccc2c(NNc3cc(N4CCOCC4)nc(OCCN4CCOCC4)n3)coc2c1. The fourth-order valence-corrected chi connectivity index (χ4v) is 3.79. The number of nitrogens with one attached hydrogen (secondary N) is 2. The number of hydrazine groups is 1. The first-order chi connectivity index (χ1) is 15.8. The van der Waals surface area contributed by atoms with E-state index in [1.54, 1.807) is 6.26 Å². The van der Waals surface area contributed by atoms with E-state index in [2.05, 4.69) is 30.6 Å². The largest absolute Gasteiger partial charge is 0.462 e. The second kappa shape index (κ2) is 10.0. The Kier molecular flexibility index (Phi) is 6.52. The van der Waals surface area contributed by atoms with Crippen molar-refractivity contribution in [2.45, 2.75) is 0 Å². The van der Waals surface area contributed by atoms with Crippen LogP contribution in [0.1, 0.15) is 0 Å². The van der Waals surface area contributed by atoms with Crippen LogP contribution in [-0.4, -0.2) is 80.6 Å². The maximum Gasteiger partial charge on any atom is 0.320 e. The summed E-state index contributed by atoms with van der Waals surface area (Å²) in [6.07, 6.45) is 1.68. The molecule has 32 heavy (non-hydrogen) atoms. The molecule has 0 aliphatic carbocycles. The average molecular weight is 441 g/mol. The molecule has 2 aliphatic heterocycles. The van der Waals surface area contributed by atoms with Crippen molar-refractivity contribution in [1.82, 2.24) is 14.9 Å². The van der Waals surface area contributed by atoms with E-state index in [1.807, 2.05) is 30.3 Å². The second-order valence-electron chi connectivity index (χ2n) is 7.69. The van der Waals surface area contributed by atoms with Gasteiger partial charge in [-0.3, -0.25) is 15.8 Å². The average Bonchev–Trinajstić information content (AvgIpc) is 3.27. The zero-order valence-corrected chi connectivity index (χ0v) is 18.0. The summed E-state index contributed by atoms with van der Waals surface area (Å²) in [5.74, 6) is 1.43. The number of anilines is 3. The van der Waals surface area contributed by atoms with Gasteiger partial charge in [0.05, 0.1) is 26.4 Å². The molecule has 0 radical (unpaired) electrons. The summed E-state index contributed by atoms with van der Waals surface area (Å²) < 4.78 is 22.4. The first-order valence-corrected chi connectivity index (χ1v) is 11.0. The molecule has 2 saturated heterocycles. The van der Waals surface area contributed by atoms with Gasteiger partial charge in [-0.25, -0.2) is 0 Å². The normalized spacial score (nSPS) is 17.4. The highest BCUT2D eigenvalue weighted by Gasteiger charge is 2.17. The molecule has 5 rings (SSSR count). The summed E-state index contributed by atoms with van der Waals surface area (Å²) in [5.41, 5.74) is 8.02. The van der Waals surface area contributed by atoms with Crippen LogP contribution in [0.3, 0.4) is 0 Å². The van der Waals surface area contributed by atoms with E-state index in [0.29, 0.717) is 31.6 Å². The summed E-state index contributed by atoms with van der Waals surface area (Å²) in [6, 6.07) is 10.1. The minimum Gasteiger partial charge on any atom is -0.462 e. The first kappa shape index (κ1) is 20.8. The van der Waals surface area contributed by atoms with Crippen molar-refractivity contribution in [1.29, 1.82) is 0 Å². The number of benzene rings is 1. The fourth-order valence-electron chi connectivity index (χ4n) is 3.79. The molecular formula is C22H28N6O4. The van der Waals surface area contributed by atoms with Crippen LogP contribution in [-0.2, 0) is 9.47 Å². The highest BCUT2D eigenvalue weighted by Crippen LogP contribution is 2.26. The molecule has 0 atom stereocenters. The van der Waals surface area contributed by atoms with Crippen LogP contribution in [0.25, 0.3) is 11.0 Å². The second-order valence-corrected chi connectivity index (χ2v) is 7.69. The van der Waals surface area contributed by atoms with Gasteiger partial charge in [-0.2, -0.15) is 9.97 Å². The molecule has 3 aromatic rings. The molecule has 170 valence electrons. The Morgan fingerprint density at radius 2 is 1.72 bits per heavy atom. The predicted octanol–water partition coefficient (Wildman–Crippen LogP) is 2.21. The minimum absolute atomic E-state index is 0.351. The third kappa shape index (κ3) is 5.04. The van der Waals surface area contributed by atoms with Gasteiger partial charge in [0.2, 0.25) is 0 Å². The van der Waals surface area contributed by atoms with Crippen molar-refractivity contribution in [3.05, 3.63) is 36.6 Å². The van der Waals surface area contributed by atoms with Crippen molar-refractivity contribution in [2.75, 3.05) is 81.5 Å². The van der Waals surface area contributed by atoms with Crippen LogP contribution in [0.4, 0.5) is 17.3 Å². The van der Waals surface area contributed by atoms with Crippen LogP contribution in [0, 0.1) is 0 Å². The monoisotopic (exact) mass is 440 g/mol. The Balaban J connectivity index is 1.29. The number of nitrogens with zero attached hydrogens (tertiary/aromatic N) is 4. The molecule has 10 nitrogen and oxygen atoms in total. The van der Waals surface area contributed by atoms with E-state index in [9.17, 15) is 0 Å².